The highest BCUT2D eigenvalue weighted by atomic mass is 19.1. The molecule has 1 aliphatic heterocycles. The first-order valence-corrected chi connectivity index (χ1v) is 8.56. The SMILES string of the molecule is Cc1cnn(Cc2cccc(F)c2)c1NC(=O)[C@H]1COc2ccccc2O1. The number of aryl methyl sites for hydroxylation is 1. The first-order chi connectivity index (χ1) is 13.1. The summed E-state index contributed by atoms with van der Waals surface area (Å²) in [4.78, 5) is 12.7. The normalized spacial score (nSPS) is 15.4. The Balaban J connectivity index is 1.50. The Labute approximate surface area is 155 Å². The summed E-state index contributed by atoms with van der Waals surface area (Å²) >= 11 is 0. The molecule has 0 unspecified atom stereocenters. The van der Waals surface area contributed by atoms with Crippen LogP contribution in [0.3, 0.4) is 0 Å². The average molecular weight is 367 g/mol. The predicted molar refractivity (Wildman–Crippen MR) is 97.4 cm³/mol. The van der Waals surface area contributed by atoms with E-state index in [1.807, 2.05) is 19.1 Å². The third-order valence-corrected chi connectivity index (χ3v) is 4.29. The Morgan fingerprint density at radius 2 is 2.07 bits per heavy atom. The van der Waals surface area contributed by atoms with E-state index in [0.717, 1.165) is 11.1 Å². The molecule has 0 fully saturated rings. The van der Waals surface area contributed by atoms with Gasteiger partial charge in [-0.2, -0.15) is 5.10 Å². The Kier molecular flexibility index (Phi) is 4.50. The quantitative estimate of drug-likeness (QED) is 0.769. The van der Waals surface area contributed by atoms with Crippen molar-refractivity contribution < 1.29 is 18.7 Å². The summed E-state index contributed by atoms with van der Waals surface area (Å²) in [6.07, 6.45) is 0.888. The van der Waals surface area contributed by atoms with Gasteiger partial charge in [0.25, 0.3) is 5.91 Å². The highest BCUT2D eigenvalue weighted by molar-refractivity contribution is 5.94. The van der Waals surface area contributed by atoms with E-state index in [0.29, 0.717) is 23.9 Å². The predicted octanol–water partition coefficient (Wildman–Crippen LogP) is 3.16. The monoisotopic (exact) mass is 367 g/mol. The first-order valence-electron chi connectivity index (χ1n) is 8.56. The smallest absolute Gasteiger partial charge is 0.270 e. The lowest BCUT2D eigenvalue weighted by Gasteiger charge is -2.25. The lowest BCUT2D eigenvalue weighted by Crippen LogP contribution is -2.40. The summed E-state index contributed by atoms with van der Waals surface area (Å²) in [5.74, 6) is 1.07. The third-order valence-electron chi connectivity index (χ3n) is 4.29. The van der Waals surface area contributed by atoms with E-state index in [-0.39, 0.29) is 18.3 Å². The number of ether oxygens (including phenoxy) is 2. The molecule has 2 aromatic carbocycles. The van der Waals surface area contributed by atoms with Gasteiger partial charge in [-0.1, -0.05) is 24.3 Å². The number of nitrogens with zero attached hydrogens (tertiary/aromatic N) is 2. The average Bonchev–Trinajstić information content (AvgIpc) is 3.01. The number of carbonyl (C=O) groups is 1. The zero-order valence-electron chi connectivity index (χ0n) is 14.7. The van der Waals surface area contributed by atoms with Crippen LogP contribution in [0.25, 0.3) is 0 Å². The molecule has 0 radical (unpaired) electrons. The van der Waals surface area contributed by atoms with Crippen LogP contribution in [0.4, 0.5) is 10.2 Å². The molecule has 4 rings (SSSR count). The maximum absolute atomic E-state index is 13.4. The highest BCUT2D eigenvalue weighted by Gasteiger charge is 2.28. The molecule has 1 N–H and O–H groups in total. The maximum atomic E-state index is 13.4. The second-order valence-corrected chi connectivity index (χ2v) is 6.32. The Bertz CT molecular complexity index is 986. The zero-order chi connectivity index (χ0) is 18.8. The minimum absolute atomic E-state index is 0.125. The van der Waals surface area contributed by atoms with Crippen LogP contribution in [-0.2, 0) is 11.3 Å². The van der Waals surface area contributed by atoms with Crippen molar-refractivity contribution in [2.24, 2.45) is 0 Å². The van der Waals surface area contributed by atoms with Crippen molar-refractivity contribution in [2.45, 2.75) is 19.6 Å². The fourth-order valence-corrected chi connectivity index (χ4v) is 2.92. The molecule has 0 aliphatic carbocycles. The van der Waals surface area contributed by atoms with Crippen LogP contribution in [0.15, 0.2) is 54.7 Å². The first kappa shape index (κ1) is 17.1. The van der Waals surface area contributed by atoms with Gasteiger partial charge in [-0.25, -0.2) is 9.07 Å². The molecule has 0 spiro atoms. The summed E-state index contributed by atoms with van der Waals surface area (Å²) in [5, 5.41) is 7.14. The van der Waals surface area contributed by atoms with Gasteiger partial charge in [0, 0.05) is 5.56 Å². The molecule has 0 bridgehead atoms. The lowest BCUT2D eigenvalue weighted by molar-refractivity contribution is -0.125. The second kappa shape index (κ2) is 7.11. The number of rotatable bonds is 4. The van der Waals surface area contributed by atoms with E-state index in [9.17, 15) is 9.18 Å². The molecule has 1 aromatic heterocycles. The van der Waals surface area contributed by atoms with Crippen LogP contribution in [0.5, 0.6) is 11.5 Å². The van der Waals surface area contributed by atoms with Crippen molar-refractivity contribution in [1.29, 1.82) is 0 Å². The van der Waals surface area contributed by atoms with Gasteiger partial charge in [0.05, 0.1) is 12.7 Å². The second-order valence-electron chi connectivity index (χ2n) is 6.32. The third kappa shape index (κ3) is 3.62. The number of fused-ring (bicyclic) bond motifs is 1. The van der Waals surface area contributed by atoms with Crippen molar-refractivity contribution in [2.75, 3.05) is 11.9 Å². The number of hydrogen-bond acceptors (Lipinski definition) is 4. The largest absolute Gasteiger partial charge is 0.485 e. The summed E-state index contributed by atoms with van der Waals surface area (Å²) in [6.45, 7) is 2.31. The van der Waals surface area contributed by atoms with Crippen molar-refractivity contribution in [3.8, 4) is 11.5 Å². The minimum atomic E-state index is -0.767. The highest BCUT2D eigenvalue weighted by Crippen LogP contribution is 2.31. The Morgan fingerprint density at radius 3 is 2.89 bits per heavy atom. The van der Waals surface area contributed by atoms with E-state index in [1.54, 1.807) is 35.1 Å². The molecule has 27 heavy (non-hydrogen) atoms. The van der Waals surface area contributed by atoms with Crippen LogP contribution in [0, 0.1) is 12.7 Å². The number of para-hydroxylation sites is 2. The molecule has 0 saturated heterocycles. The Morgan fingerprint density at radius 1 is 1.26 bits per heavy atom. The molecule has 6 nitrogen and oxygen atoms in total. The van der Waals surface area contributed by atoms with Crippen LogP contribution in [-0.4, -0.2) is 28.4 Å². The van der Waals surface area contributed by atoms with E-state index in [4.69, 9.17) is 9.47 Å². The molecule has 2 heterocycles. The standard InChI is InChI=1S/C20H18FN3O3/c1-13-10-22-24(11-14-5-4-6-15(21)9-14)19(13)23-20(25)18-12-26-16-7-2-3-8-17(16)27-18/h2-10,18H,11-12H2,1H3,(H,23,25)/t18-/m1/s1. The fourth-order valence-electron chi connectivity index (χ4n) is 2.92. The summed E-state index contributed by atoms with van der Waals surface area (Å²) in [6, 6.07) is 13.5. The summed E-state index contributed by atoms with van der Waals surface area (Å²) < 4.78 is 26.4. The van der Waals surface area contributed by atoms with Crippen LogP contribution >= 0.6 is 0 Å². The van der Waals surface area contributed by atoms with Gasteiger partial charge < -0.3 is 14.8 Å². The van der Waals surface area contributed by atoms with Gasteiger partial charge in [-0.05, 0) is 36.8 Å². The number of benzene rings is 2. The molecular formula is C20H18FN3O3. The number of amides is 1. The van der Waals surface area contributed by atoms with E-state index in [2.05, 4.69) is 10.4 Å². The number of nitrogens with one attached hydrogen (secondary N) is 1. The van der Waals surface area contributed by atoms with Crippen LogP contribution in [0.2, 0.25) is 0 Å². The summed E-state index contributed by atoms with van der Waals surface area (Å²) in [5.41, 5.74) is 1.55. The van der Waals surface area contributed by atoms with Crippen molar-refractivity contribution >= 4 is 11.7 Å². The molecule has 1 amide bonds. The number of aromatic nitrogens is 2. The summed E-state index contributed by atoms with van der Waals surface area (Å²) in [7, 11) is 0. The number of halogens is 1. The van der Waals surface area contributed by atoms with Gasteiger partial charge in [-0.15, -0.1) is 0 Å². The van der Waals surface area contributed by atoms with Gasteiger partial charge in [0.2, 0.25) is 6.10 Å². The van der Waals surface area contributed by atoms with E-state index < -0.39 is 6.10 Å². The van der Waals surface area contributed by atoms with Gasteiger partial charge in [-0.3, -0.25) is 4.79 Å². The number of hydrogen-bond donors (Lipinski definition) is 1. The molecule has 0 saturated carbocycles. The molecular weight excluding hydrogens is 349 g/mol. The molecule has 138 valence electrons. The fraction of sp³-hybridized carbons (Fsp3) is 0.200. The topological polar surface area (TPSA) is 65.4 Å². The van der Waals surface area contributed by atoms with Crippen molar-refractivity contribution in [1.82, 2.24) is 9.78 Å². The molecule has 1 aliphatic rings. The van der Waals surface area contributed by atoms with Gasteiger partial charge >= 0.3 is 0 Å². The maximum Gasteiger partial charge on any atom is 0.270 e. The zero-order valence-corrected chi connectivity index (χ0v) is 14.7. The van der Waals surface area contributed by atoms with Gasteiger partial charge in [0.1, 0.15) is 18.2 Å². The molecule has 3 aromatic rings. The number of carbonyl (C=O) groups excluding carboxylic acids is 1. The molecule has 1 atom stereocenters. The lowest BCUT2D eigenvalue weighted by atomic mass is 10.2. The van der Waals surface area contributed by atoms with Crippen LogP contribution < -0.4 is 14.8 Å². The van der Waals surface area contributed by atoms with Crippen LogP contribution in [0.1, 0.15) is 11.1 Å². The van der Waals surface area contributed by atoms with Gasteiger partial charge in [0.15, 0.2) is 11.5 Å². The Hall–Kier alpha value is -3.35. The van der Waals surface area contributed by atoms with Crippen molar-refractivity contribution in [3.63, 3.8) is 0 Å². The van der Waals surface area contributed by atoms with E-state index >= 15 is 0 Å². The number of anilines is 1. The van der Waals surface area contributed by atoms with Crippen molar-refractivity contribution in [3.05, 3.63) is 71.7 Å². The van der Waals surface area contributed by atoms with E-state index in [1.165, 1.54) is 12.1 Å². The minimum Gasteiger partial charge on any atom is -0.485 e. The molecule has 7 heteroatoms.